The number of benzene rings is 1. The Labute approximate surface area is 154 Å². The zero-order valence-electron chi connectivity index (χ0n) is 14.9. The van der Waals surface area contributed by atoms with Crippen molar-refractivity contribution < 1.29 is 19.2 Å². The maximum atomic E-state index is 12.1. The molecule has 1 aromatic carbocycles. The smallest absolute Gasteiger partial charge is 0.410 e. The molecule has 0 radical (unpaired) electrons. The van der Waals surface area contributed by atoms with E-state index in [1.165, 1.54) is 23.5 Å². The first-order valence-corrected chi connectivity index (χ1v) is 9.18. The highest BCUT2D eigenvalue weighted by molar-refractivity contribution is 7.20. The predicted octanol–water partition coefficient (Wildman–Crippen LogP) is 3.84. The van der Waals surface area contributed by atoms with Crippen LogP contribution in [0, 0.1) is 16.0 Å². The average Bonchev–Trinajstić information content (AvgIpc) is 3.17. The van der Waals surface area contributed by atoms with Gasteiger partial charge in [0.15, 0.2) is 0 Å². The van der Waals surface area contributed by atoms with E-state index in [1.54, 1.807) is 11.0 Å². The summed E-state index contributed by atoms with van der Waals surface area (Å²) in [5, 5.41) is 11.3. The first kappa shape index (κ1) is 18.4. The topological polar surface area (TPSA) is 94.8 Å². The van der Waals surface area contributed by atoms with E-state index in [1.807, 2.05) is 20.8 Å². The van der Waals surface area contributed by atoms with E-state index in [0.717, 1.165) is 11.1 Å². The molecule has 26 heavy (non-hydrogen) atoms. The van der Waals surface area contributed by atoms with Crippen LogP contribution in [0.1, 0.15) is 27.2 Å². The lowest BCUT2D eigenvalue weighted by Gasteiger charge is -2.24. The van der Waals surface area contributed by atoms with Gasteiger partial charge >= 0.3 is 6.09 Å². The van der Waals surface area contributed by atoms with Crippen LogP contribution in [0.5, 0.6) is 5.19 Å². The number of carbonyl (C=O) groups is 1. The van der Waals surface area contributed by atoms with Crippen molar-refractivity contribution in [1.29, 1.82) is 0 Å². The summed E-state index contributed by atoms with van der Waals surface area (Å²) < 4.78 is 12.0. The largest absolute Gasteiger partial charge is 0.470 e. The Morgan fingerprint density at radius 2 is 2.23 bits per heavy atom. The molecule has 2 aromatic rings. The first-order valence-electron chi connectivity index (χ1n) is 8.37. The fraction of sp³-hybridized carbons (Fsp3) is 0.529. The molecule has 8 nitrogen and oxygen atoms in total. The fourth-order valence-electron chi connectivity index (χ4n) is 2.72. The molecular formula is C17H21N3O5S. The molecule has 2 heterocycles. The lowest BCUT2D eigenvalue weighted by Crippen LogP contribution is -2.35. The molecular weight excluding hydrogens is 358 g/mol. The van der Waals surface area contributed by atoms with Gasteiger partial charge in [-0.25, -0.2) is 9.78 Å². The van der Waals surface area contributed by atoms with Gasteiger partial charge < -0.3 is 14.4 Å². The number of hydrogen-bond acceptors (Lipinski definition) is 7. The van der Waals surface area contributed by atoms with Crippen LogP contribution in [0.3, 0.4) is 0 Å². The van der Waals surface area contributed by atoms with E-state index in [9.17, 15) is 14.9 Å². The monoisotopic (exact) mass is 379 g/mol. The van der Waals surface area contributed by atoms with Gasteiger partial charge in [0.2, 0.25) is 0 Å². The Balaban J connectivity index is 1.56. The molecule has 1 amide bonds. The minimum Gasteiger partial charge on any atom is -0.470 e. The molecule has 0 spiro atoms. The highest BCUT2D eigenvalue weighted by Crippen LogP contribution is 2.31. The zero-order chi connectivity index (χ0) is 18.9. The number of likely N-dealkylation sites (tertiary alicyclic amines) is 1. The minimum atomic E-state index is -0.505. The van der Waals surface area contributed by atoms with Crippen molar-refractivity contribution in [3.8, 4) is 5.19 Å². The van der Waals surface area contributed by atoms with E-state index >= 15 is 0 Å². The Morgan fingerprint density at radius 1 is 1.46 bits per heavy atom. The van der Waals surface area contributed by atoms with E-state index in [0.29, 0.717) is 30.4 Å². The molecule has 1 saturated heterocycles. The van der Waals surface area contributed by atoms with Crippen LogP contribution < -0.4 is 4.74 Å². The second-order valence-corrected chi connectivity index (χ2v) is 8.27. The molecule has 1 atom stereocenters. The van der Waals surface area contributed by atoms with Crippen LogP contribution >= 0.6 is 11.3 Å². The van der Waals surface area contributed by atoms with E-state index in [-0.39, 0.29) is 17.7 Å². The van der Waals surface area contributed by atoms with Crippen molar-refractivity contribution in [2.24, 2.45) is 5.92 Å². The summed E-state index contributed by atoms with van der Waals surface area (Å²) in [5.41, 5.74) is 0.0640. The molecule has 1 aromatic heterocycles. The fourth-order valence-corrected chi connectivity index (χ4v) is 3.52. The number of carbonyl (C=O) groups excluding carboxylic acids is 1. The number of fused-ring (bicyclic) bond motifs is 1. The highest BCUT2D eigenvalue weighted by atomic mass is 32.1. The van der Waals surface area contributed by atoms with Gasteiger partial charge in [0, 0.05) is 31.1 Å². The van der Waals surface area contributed by atoms with Crippen LogP contribution in [0.15, 0.2) is 18.2 Å². The number of rotatable bonds is 4. The normalized spacial score (nSPS) is 17.5. The third-order valence-electron chi connectivity index (χ3n) is 3.94. The van der Waals surface area contributed by atoms with Gasteiger partial charge in [0.1, 0.15) is 5.60 Å². The second kappa shape index (κ2) is 7.06. The van der Waals surface area contributed by atoms with Crippen LogP contribution in [0.25, 0.3) is 10.2 Å². The van der Waals surface area contributed by atoms with Crippen molar-refractivity contribution in [3.63, 3.8) is 0 Å². The van der Waals surface area contributed by atoms with Crippen molar-refractivity contribution in [3.05, 3.63) is 28.3 Å². The molecule has 1 fully saturated rings. The zero-order valence-corrected chi connectivity index (χ0v) is 15.7. The third-order valence-corrected chi connectivity index (χ3v) is 4.89. The molecule has 1 aliphatic rings. The summed E-state index contributed by atoms with van der Waals surface area (Å²) >= 11 is 1.35. The predicted molar refractivity (Wildman–Crippen MR) is 97.7 cm³/mol. The summed E-state index contributed by atoms with van der Waals surface area (Å²) in [6.45, 7) is 7.22. The van der Waals surface area contributed by atoms with Crippen LogP contribution in [-0.4, -0.2) is 46.2 Å². The Kier molecular flexibility index (Phi) is 4.99. The van der Waals surface area contributed by atoms with Crippen molar-refractivity contribution in [2.75, 3.05) is 19.7 Å². The van der Waals surface area contributed by atoms with E-state index in [4.69, 9.17) is 9.47 Å². The van der Waals surface area contributed by atoms with E-state index in [2.05, 4.69) is 4.98 Å². The number of nitrogens with zero attached hydrogens (tertiary/aromatic N) is 3. The van der Waals surface area contributed by atoms with Gasteiger partial charge in [-0.2, -0.15) is 0 Å². The SMILES string of the molecule is CC(C)(C)OC(=O)N1CCC(COc2nc3cc([N+](=O)[O-])ccc3s2)C1. The summed E-state index contributed by atoms with van der Waals surface area (Å²) in [7, 11) is 0. The van der Waals surface area contributed by atoms with Gasteiger partial charge in [0.25, 0.3) is 10.9 Å². The maximum Gasteiger partial charge on any atom is 0.410 e. The Hall–Kier alpha value is -2.42. The molecule has 0 bridgehead atoms. The number of hydrogen-bond donors (Lipinski definition) is 0. The van der Waals surface area contributed by atoms with Gasteiger partial charge in [-0.05, 0) is 33.3 Å². The quantitative estimate of drug-likeness (QED) is 0.592. The lowest BCUT2D eigenvalue weighted by atomic mass is 10.1. The molecule has 1 aliphatic heterocycles. The highest BCUT2D eigenvalue weighted by Gasteiger charge is 2.30. The number of aromatic nitrogens is 1. The van der Waals surface area contributed by atoms with Crippen LogP contribution in [-0.2, 0) is 4.74 Å². The molecule has 3 rings (SSSR count). The second-order valence-electron chi connectivity index (χ2n) is 7.28. The van der Waals surface area contributed by atoms with Gasteiger partial charge in [-0.3, -0.25) is 10.1 Å². The molecule has 1 unspecified atom stereocenters. The number of non-ortho nitro benzene ring substituents is 1. The van der Waals surface area contributed by atoms with Crippen LogP contribution in [0.2, 0.25) is 0 Å². The summed E-state index contributed by atoms with van der Waals surface area (Å²) in [4.78, 5) is 28.5. The third kappa shape index (κ3) is 4.40. The van der Waals surface area contributed by atoms with Gasteiger partial charge in [-0.1, -0.05) is 11.3 Å². The number of amides is 1. The molecule has 9 heteroatoms. The average molecular weight is 379 g/mol. The Morgan fingerprint density at radius 3 is 2.92 bits per heavy atom. The number of thiazole rings is 1. The summed E-state index contributed by atoms with van der Waals surface area (Å²) in [5.74, 6) is 0.212. The number of nitro groups is 1. The van der Waals surface area contributed by atoms with Crippen LogP contribution in [0.4, 0.5) is 10.5 Å². The molecule has 140 valence electrons. The van der Waals surface area contributed by atoms with Gasteiger partial charge in [-0.15, -0.1) is 0 Å². The lowest BCUT2D eigenvalue weighted by molar-refractivity contribution is -0.384. The summed E-state index contributed by atoms with van der Waals surface area (Å²) in [6.07, 6.45) is 0.544. The van der Waals surface area contributed by atoms with Crippen molar-refractivity contribution >= 4 is 33.3 Å². The summed E-state index contributed by atoms with van der Waals surface area (Å²) in [6, 6.07) is 4.58. The number of nitro benzene ring substituents is 1. The molecule has 0 N–H and O–H groups in total. The molecule has 0 saturated carbocycles. The maximum absolute atomic E-state index is 12.1. The molecule has 0 aliphatic carbocycles. The first-order chi connectivity index (χ1) is 12.2. The van der Waals surface area contributed by atoms with Crippen molar-refractivity contribution in [1.82, 2.24) is 9.88 Å². The number of ether oxygens (including phenoxy) is 2. The standard InChI is InChI=1S/C17H21N3O5S/c1-17(2,3)25-16(21)19-7-6-11(9-19)10-24-15-18-13-8-12(20(22)23)4-5-14(13)26-15/h4-5,8,11H,6-7,9-10H2,1-3H3. The van der Waals surface area contributed by atoms with Gasteiger partial charge in [0.05, 0.1) is 21.7 Å². The van der Waals surface area contributed by atoms with E-state index < -0.39 is 10.5 Å². The van der Waals surface area contributed by atoms with Crippen molar-refractivity contribution in [2.45, 2.75) is 32.8 Å². The Bertz CT molecular complexity index is 829. The minimum absolute atomic E-state index is 0.0122.